The van der Waals surface area contributed by atoms with E-state index >= 15 is 0 Å². The van der Waals surface area contributed by atoms with E-state index < -0.39 is 0 Å². The summed E-state index contributed by atoms with van der Waals surface area (Å²) in [5.41, 5.74) is 7.38. The molecule has 2 aliphatic carbocycles. The van der Waals surface area contributed by atoms with Crippen molar-refractivity contribution >= 4 is 15.9 Å². The second-order valence-electron chi connectivity index (χ2n) is 5.99. The number of benzene rings is 1. The molecule has 0 atom stereocenters. The first-order chi connectivity index (χ1) is 9.68. The van der Waals surface area contributed by atoms with Gasteiger partial charge >= 0.3 is 0 Å². The molecule has 20 heavy (non-hydrogen) atoms. The molecule has 3 nitrogen and oxygen atoms in total. The fraction of sp³-hybridized carbons (Fsp3) is 0.625. The molecular weight excluding hydrogens is 318 g/mol. The minimum Gasteiger partial charge on any atom is -0.493 e. The third kappa shape index (κ3) is 2.33. The Morgan fingerprint density at radius 1 is 1.30 bits per heavy atom. The Labute approximate surface area is 129 Å². The Hall–Kier alpha value is -0.740. The molecule has 0 heterocycles. The normalized spacial score (nSPS) is 20.9. The summed E-state index contributed by atoms with van der Waals surface area (Å²) in [5.74, 6) is 1.74. The van der Waals surface area contributed by atoms with Crippen molar-refractivity contribution in [2.75, 3.05) is 13.7 Å². The summed E-state index contributed by atoms with van der Waals surface area (Å²) in [5, 5.41) is 0. The van der Waals surface area contributed by atoms with Gasteiger partial charge in [-0.15, -0.1) is 0 Å². The van der Waals surface area contributed by atoms with Gasteiger partial charge in [-0.1, -0.05) is 22.4 Å². The summed E-state index contributed by atoms with van der Waals surface area (Å²) in [6, 6.07) is 4.16. The lowest BCUT2D eigenvalue weighted by Crippen LogP contribution is -2.42. The van der Waals surface area contributed by atoms with Crippen LogP contribution in [-0.4, -0.2) is 19.8 Å². The fourth-order valence-corrected chi connectivity index (χ4v) is 3.51. The maximum atomic E-state index is 6.24. The summed E-state index contributed by atoms with van der Waals surface area (Å²) in [4.78, 5) is 0. The van der Waals surface area contributed by atoms with Crippen LogP contribution in [0.25, 0.3) is 0 Å². The van der Waals surface area contributed by atoms with Crippen molar-refractivity contribution in [1.82, 2.24) is 0 Å². The summed E-state index contributed by atoms with van der Waals surface area (Å²) < 4.78 is 12.8. The fourth-order valence-electron chi connectivity index (χ4n) is 3.08. The van der Waals surface area contributed by atoms with Crippen LogP contribution in [0.4, 0.5) is 0 Å². The molecule has 1 aromatic rings. The van der Waals surface area contributed by atoms with E-state index in [1.165, 1.54) is 18.4 Å². The second kappa shape index (κ2) is 5.57. The van der Waals surface area contributed by atoms with Gasteiger partial charge in [0, 0.05) is 22.0 Å². The van der Waals surface area contributed by atoms with Crippen molar-refractivity contribution in [2.45, 2.75) is 50.0 Å². The highest BCUT2D eigenvalue weighted by atomic mass is 79.9. The predicted octanol–water partition coefficient (Wildman–Crippen LogP) is 3.77. The molecule has 0 bridgehead atoms. The molecule has 0 aromatic heterocycles. The molecule has 2 saturated carbocycles. The predicted molar refractivity (Wildman–Crippen MR) is 83.5 cm³/mol. The van der Waals surface area contributed by atoms with Crippen molar-refractivity contribution in [2.24, 2.45) is 5.73 Å². The molecule has 1 aromatic carbocycles. The Bertz CT molecular complexity index is 490. The van der Waals surface area contributed by atoms with Gasteiger partial charge in [-0.25, -0.2) is 0 Å². The Morgan fingerprint density at radius 3 is 2.50 bits per heavy atom. The highest BCUT2D eigenvalue weighted by Crippen LogP contribution is 2.50. The summed E-state index contributed by atoms with van der Waals surface area (Å²) in [6.45, 7) is 0.674. The highest BCUT2D eigenvalue weighted by molar-refractivity contribution is 9.10. The molecule has 2 fully saturated rings. The smallest absolute Gasteiger partial charge is 0.165 e. The minimum atomic E-state index is 0.0795. The molecule has 0 radical (unpaired) electrons. The van der Waals surface area contributed by atoms with E-state index in [0.717, 1.165) is 41.7 Å². The number of ether oxygens (including phenoxy) is 2. The monoisotopic (exact) mass is 339 g/mol. The van der Waals surface area contributed by atoms with Crippen LogP contribution in [-0.2, 0) is 5.41 Å². The first-order valence-corrected chi connectivity index (χ1v) is 8.22. The molecule has 2 N–H and O–H groups in total. The van der Waals surface area contributed by atoms with Gasteiger partial charge in [0.2, 0.25) is 0 Å². The molecule has 0 aliphatic heterocycles. The summed E-state index contributed by atoms with van der Waals surface area (Å²) in [7, 11) is 1.70. The van der Waals surface area contributed by atoms with E-state index in [-0.39, 0.29) is 5.41 Å². The quantitative estimate of drug-likeness (QED) is 0.887. The van der Waals surface area contributed by atoms with Crippen molar-refractivity contribution < 1.29 is 9.47 Å². The highest BCUT2D eigenvalue weighted by Gasteiger charge is 2.41. The van der Waals surface area contributed by atoms with Crippen LogP contribution in [0.1, 0.15) is 44.1 Å². The van der Waals surface area contributed by atoms with Gasteiger partial charge in [-0.05, 0) is 44.2 Å². The molecule has 3 rings (SSSR count). The van der Waals surface area contributed by atoms with Gasteiger partial charge in [-0.2, -0.15) is 0 Å². The number of halogens is 1. The van der Waals surface area contributed by atoms with Crippen molar-refractivity contribution in [1.29, 1.82) is 0 Å². The van der Waals surface area contributed by atoms with E-state index in [9.17, 15) is 0 Å². The largest absolute Gasteiger partial charge is 0.493 e. The van der Waals surface area contributed by atoms with Crippen LogP contribution in [0.3, 0.4) is 0 Å². The SMILES string of the molecule is COc1cc(Br)cc(C2(CN)CCC2)c1OC1CCC1. The maximum absolute atomic E-state index is 6.24. The number of nitrogens with two attached hydrogens (primary N) is 1. The number of hydrogen-bond donors (Lipinski definition) is 1. The zero-order chi connectivity index (χ0) is 14.2. The summed E-state index contributed by atoms with van der Waals surface area (Å²) >= 11 is 3.58. The third-order valence-corrected chi connectivity index (χ3v) is 5.31. The first kappa shape index (κ1) is 14.2. The molecule has 0 saturated heterocycles. The van der Waals surface area contributed by atoms with E-state index in [0.29, 0.717) is 12.6 Å². The van der Waals surface area contributed by atoms with Crippen LogP contribution < -0.4 is 15.2 Å². The molecular formula is C16H22BrNO2. The van der Waals surface area contributed by atoms with Crippen molar-refractivity contribution in [3.63, 3.8) is 0 Å². The average molecular weight is 340 g/mol. The van der Waals surface area contributed by atoms with Gasteiger partial charge in [0.05, 0.1) is 13.2 Å². The zero-order valence-corrected chi connectivity index (χ0v) is 13.5. The molecule has 2 aliphatic rings. The first-order valence-electron chi connectivity index (χ1n) is 7.43. The van der Waals surface area contributed by atoms with E-state index in [1.54, 1.807) is 7.11 Å². The average Bonchev–Trinajstić information content (AvgIpc) is 2.34. The second-order valence-corrected chi connectivity index (χ2v) is 6.91. The number of hydrogen-bond acceptors (Lipinski definition) is 3. The number of methoxy groups -OCH3 is 1. The van der Waals surface area contributed by atoms with Crippen LogP contribution in [0.15, 0.2) is 16.6 Å². The van der Waals surface area contributed by atoms with Crippen LogP contribution in [0.2, 0.25) is 0 Å². The molecule has 0 spiro atoms. The lowest BCUT2D eigenvalue weighted by atomic mass is 9.64. The van der Waals surface area contributed by atoms with Gasteiger partial charge in [0.15, 0.2) is 11.5 Å². The Balaban J connectivity index is 2.02. The lowest BCUT2D eigenvalue weighted by Gasteiger charge is -2.43. The zero-order valence-electron chi connectivity index (χ0n) is 12.0. The van der Waals surface area contributed by atoms with Crippen molar-refractivity contribution in [3.8, 4) is 11.5 Å². The molecule has 0 unspecified atom stereocenters. The number of rotatable bonds is 5. The topological polar surface area (TPSA) is 44.5 Å². The van der Waals surface area contributed by atoms with Crippen molar-refractivity contribution in [3.05, 3.63) is 22.2 Å². The van der Waals surface area contributed by atoms with Crippen LogP contribution in [0, 0.1) is 0 Å². The third-order valence-electron chi connectivity index (χ3n) is 4.85. The molecule has 110 valence electrons. The lowest BCUT2D eigenvalue weighted by molar-refractivity contribution is 0.109. The standard InChI is InChI=1S/C16H22BrNO2/c1-19-14-9-11(17)8-13(16(10-18)6-3-7-16)15(14)20-12-4-2-5-12/h8-9,12H,2-7,10,18H2,1H3. The van der Waals surface area contributed by atoms with Gasteiger partial charge in [0.25, 0.3) is 0 Å². The van der Waals surface area contributed by atoms with Gasteiger partial charge in [0.1, 0.15) is 0 Å². The maximum Gasteiger partial charge on any atom is 0.165 e. The van der Waals surface area contributed by atoms with Gasteiger partial charge < -0.3 is 15.2 Å². The Kier molecular flexibility index (Phi) is 3.95. The van der Waals surface area contributed by atoms with E-state index in [2.05, 4.69) is 22.0 Å². The van der Waals surface area contributed by atoms with Crippen LogP contribution in [0.5, 0.6) is 11.5 Å². The molecule has 4 heteroatoms. The van der Waals surface area contributed by atoms with Crippen LogP contribution >= 0.6 is 15.9 Å². The van der Waals surface area contributed by atoms with Gasteiger partial charge in [-0.3, -0.25) is 0 Å². The van der Waals surface area contributed by atoms with E-state index in [4.69, 9.17) is 15.2 Å². The van der Waals surface area contributed by atoms with E-state index in [1.807, 2.05) is 6.07 Å². The Morgan fingerprint density at radius 2 is 2.05 bits per heavy atom. The molecule has 0 amide bonds. The summed E-state index contributed by atoms with van der Waals surface area (Å²) in [6.07, 6.45) is 7.44. The minimum absolute atomic E-state index is 0.0795.